The lowest BCUT2D eigenvalue weighted by molar-refractivity contribution is -0.156. The fraction of sp³-hybridized carbons (Fsp3) is 0.400. The highest BCUT2D eigenvalue weighted by Crippen LogP contribution is 2.48. The van der Waals surface area contributed by atoms with E-state index in [1.807, 2.05) is 47.0 Å². The molecule has 0 saturated carbocycles. The monoisotopic (exact) mass is 370 g/mol. The van der Waals surface area contributed by atoms with Gasteiger partial charge in [0, 0.05) is 17.1 Å². The van der Waals surface area contributed by atoms with Crippen LogP contribution in [-0.4, -0.2) is 42.1 Å². The molecule has 3 amide bonds. The molecule has 2 rings (SSSR count). The first-order valence-corrected chi connectivity index (χ1v) is 9.32. The number of amides is 3. The molecule has 9 heteroatoms. The number of esters is 1. The number of primary amides is 1. The smallest absolute Gasteiger partial charge is 0.344 e. The fourth-order valence-corrected chi connectivity index (χ4v) is 4.90. The average Bonchev–Trinajstić information content (AvgIpc) is 3.06. The first-order chi connectivity index (χ1) is 11.5. The molecular weight excluding hydrogens is 352 g/mol. The number of nitrogens with two attached hydrogens (primary N) is 1. The molecule has 3 N–H and O–H groups in total. The molecule has 0 unspecified atom stereocenters. The molecule has 0 radical (unpaired) electrons. The molecule has 1 heterocycles. The zero-order valence-electron chi connectivity index (χ0n) is 13.0. The minimum atomic E-state index is -1.13. The molecule has 0 bridgehead atoms. The van der Waals surface area contributed by atoms with Gasteiger partial charge in [0.1, 0.15) is 5.75 Å². The predicted octanol–water partition coefficient (Wildman–Crippen LogP) is 1.67. The van der Waals surface area contributed by atoms with Crippen LogP contribution in [0.2, 0.25) is 0 Å². The Morgan fingerprint density at radius 3 is 2.62 bits per heavy atom. The van der Waals surface area contributed by atoms with Crippen molar-refractivity contribution in [2.45, 2.75) is 17.6 Å². The van der Waals surface area contributed by atoms with Crippen LogP contribution in [0.1, 0.15) is 17.1 Å². The molecule has 1 aromatic carbocycles. The van der Waals surface area contributed by atoms with E-state index in [2.05, 4.69) is 0 Å². The minimum Gasteiger partial charge on any atom is -0.482 e. The fourth-order valence-electron chi connectivity index (χ4n) is 1.99. The van der Waals surface area contributed by atoms with Gasteiger partial charge in [-0.1, -0.05) is 18.2 Å². The molecule has 0 spiro atoms. The number of thioether (sulfide) groups is 2. The number of carbonyl (C=O) groups is 3. The van der Waals surface area contributed by atoms with Crippen molar-refractivity contribution in [1.29, 1.82) is 0 Å². The van der Waals surface area contributed by atoms with Crippen LogP contribution in [0.15, 0.2) is 24.3 Å². The van der Waals surface area contributed by atoms with Crippen molar-refractivity contribution in [2.75, 3.05) is 18.1 Å². The third-order valence-electron chi connectivity index (χ3n) is 3.06. The number of hydrogen-bond acceptors (Lipinski definition) is 7. The summed E-state index contributed by atoms with van der Waals surface area (Å²) in [4.78, 5) is 33.8. The topological polar surface area (TPSA) is 108 Å². The summed E-state index contributed by atoms with van der Waals surface area (Å²) in [6.07, 6.45) is -1.13. The summed E-state index contributed by atoms with van der Waals surface area (Å²) in [5.41, 5.74) is 5.86. The van der Waals surface area contributed by atoms with E-state index < -0.39 is 24.0 Å². The number of nitrogens with one attached hydrogen (secondary N) is 1. The Labute approximate surface area is 148 Å². The summed E-state index contributed by atoms with van der Waals surface area (Å²) in [5, 5.41) is 1.84. The molecular formula is C15H18N2O5S2. The van der Waals surface area contributed by atoms with E-state index in [0.717, 1.165) is 17.1 Å². The highest BCUT2D eigenvalue weighted by Gasteiger charge is 2.23. The third-order valence-corrected chi connectivity index (χ3v) is 6.13. The number of benzene rings is 1. The molecule has 1 fully saturated rings. The number of carbonyl (C=O) groups excluding carboxylic acids is 3. The van der Waals surface area contributed by atoms with Crippen molar-refractivity contribution in [3.8, 4) is 5.75 Å². The third kappa shape index (κ3) is 5.34. The molecule has 1 atom stereocenters. The summed E-state index contributed by atoms with van der Waals surface area (Å²) < 4.78 is 10.7. The van der Waals surface area contributed by atoms with Crippen molar-refractivity contribution in [3.05, 3.63) is 29.8 Å². The predicted molar refractivity (Wildman–Crippen MR) is 92.9 cm³/mol. The van der Waals surface area contributed by atoms with E-state index in [0.29, 0.717) is 5.75 Å². The zero-order valence-corrected chi connectivity index (χ0v) is 14.7. The highest BCUT2D eigenvalue weighted by atomic mass is 32.2. The maximum Gasteiger partial charge on any atom is 0.344 e. The van der Waals surface area contributed by atoms with Crippen molar-refractivity contribution in [3.63, 3.8) is 0 Å². The molecule has 0 aromatic heterocycles. The van der Waals surface area contributed by atoms with Gasteiger partial charge in [-0.15, -0.1) is 23.5 Å². The van der Waals surface area contributed by atoms with Gasteiger partial charge in [-0.3, -0.25) is 10.1 Å². The maximum absolute atomic E-state index is 11.8. The van der Waals surface area contributed by atoms with E-state index >= 15 is 0 Å². The van der Waals surface area contributed by atoms with Gasteiger partial charge in [0.2, 0.25) is 0 Å². The van der Waals surface area contributed by atoms with Crippen LogP contribution < -0.4 is 15.8 Å². The minimum absolute atomic E-state index is 0.289. The first-order valence-electron chi connectivity index (χ1n) is 7.22. The molecule has 1 aliphatic rings. The lowest BCUT2D eigenvalue weighted by Crippen LogP contribution is -2.42. The first kappa shape index (κ1) is 18.5. The number of para-hydroxylation sites is 1. The summed E-state index contributed by atoms with van der Waals surface area (Å²) >= 11 is 3.67. The summed E-state index contributed by atoms with van der Waals surface area (Å²) in [5.74, 6) is 1.30. The van der Waals surface area contributed by atoms with E-state index in [4.69, 9.17) is 15.2 Å². The van der Waals surface area contributed by atoms with Crippen LogP contribution in [0.4, 0.5) is 4.79 Å². The van der Waals surface area contributed by atoms with Gasteiger partial charge in [0.05, 0.1) is 4.58 Å². The highest BCUT2D eigenvalue weighted by molar-refractivity contribution is 8.19. The Morgan fingerprint density at radius 2 is 1.96 bits per heavy atom. The number of hydrogen-bond donors (Lipinski definition) is 2. The van der Waals surface area contributed by atoms with Gasteiger partial charge in [-0.25, -0.2) is 9.59 Å². The Morgan fingerprint density at radius 1 is 1.29 bits per heavy atom. The van der Waals surface area contributed by atoms with Crippen molar-refractivity contribution in [2.24, 2.45) is 5.73 Å². The summed E-state index contributed by atoms with van der Waals surface area (Å²) in [6.45, 7) is 1.02. The molecule has 7 nitrogen and oxygen atoms in total. The van der Waals surface area contributed by atoms with Crippen LogP contribution in [0.25, 0.3) is 0 Å². The van der Waals surface area contributed by atoms with Crippen molar-refractivity contribution >= 4 is 41.4 Å². The number of urea groups is 1. The SMILES string of the molecule is C[C@@H](OC(=O)COc1ccccc1C1SCCS1)C(=O)NC(N)=O. The Kier molecular flexibility index (Phi) is 6.80. The van der Waals surface area contributed by atoms with E-state index in [1.165, 1.54) is 6.92 Å². The number of rotatable bonds is 6. The van der Waals surface area contributed by atoms with Crippen LogP contribution in [0, 0.1) is 0 Å². The van der Waals surface area contributed by atoms with Gasteiger partial charge >= 0.3 is 12.0 Å². The van der Waals surface area contributed by atoms with E-state index in [9.17, 15) is 14.4 Å². The second kappa shape index (κ2) is 8.84. The second-order valence-electron chi connectivity index (χ2n) is 4.89. The quantitative estimate of drug-likeness (QED) is 0.733. The molecule has 0 aliphatic carbocycles. The number of ether oxygens (including phenoxy) is 2. The van der Waals surface area contributed by atoms with E-state index in [-0.39, 0.29) is 11.2 Å². The van der Waals surface area contributed by atoms with Gasteiger partial charge in [0.15, 0.2) is 12.7 Å². The molecule has 1 aliphatic heterocycles. The number of imide groups is 1. The largest absolute Gasteiger partial charge is 0.482 e. The van der Waals surface area contributed by atoms with Gasteiger partial charge in [-0.05, 0) is 13.0 Å². The lowest BCUT2D eigenvalue weighted by atomic mass is 10.2. The van der Waals surface area contributed by atoms with Crippen LogP contribution in [-0.2, 0) is 14.3 Å². The normalized spacial score (nSPS) is 15.5. The van der Waals surface area contributed by atoms with Crippen LogP contribution in [0.3, 0.4) is 0 Å². The van der Waals surface area contributed by atoms with Gasteiger partial charge < -0.3 is 15.2 Å². The summed E-state index contributed by atoms with van der Waals surface area (Å²) in [6, 6.07) is 6.53. The maximum atomic E-state index is 11.8. The second-order valence-corrected chi connectivity index (χ2v) is 7.61. The van der Waals surface area contributed by atoms with Crippen LogP contribution >= 0.6 is 23.5 Å². The summed E-state index contributed by atoms with van der Waals surface area (Å²) in [7, 11) is 0. The average molecular weight is 370 g/mol. The van der Waals surface area contributed by atoms with Gasteiger partial charge in [0.25, 0.3) is 5.91 Å². The van der Waals surface area contributed by atoms with Crippen molar-refractivity contribution in [1.82, 2.24) is 5.32 Å². The van der Waals surface area contributed by atoms with Gasteiger partial charge in [-0.2, -0.15) is 0 Å². The van der Waals surface area contributed by atoms with Crippen LogP contribution in [0.5, 0.6) is 5.75 Å². The zero-order chi connectivity index (χ0) is 17.5. The Hall–Kier alpha value is -1.87. The Bertz CT molecular complexity index is 620. The molecule has 130 valence electrons. The molecule has 1 aromatic rings. The van der Waals surface area contributed by atoms with Crippen molar-refractivity contribution < 1.29 is 23.9 Å². The lowest BCUT2D eigenvalue weighted by Gasteiger charge is -2.16. The van der Waals surface area contributed by atoms with E-state index in [1.54, 1.807) is 6.07 Å². The standard InChI is InChI=1S/C15H18N2O5S2/c1-9(13(19)17-15(16)20)22-12(18)8-21-11-5-3-2-4-10(11)14-23-6-7-24-14/h2-5,9,14H,6-8H2,1H3,(H3,16,17,19,20)/t9-/m1/s1. The Balaban J connectivity index is 1.88. The molecule has 1 saturated heterocycles. The molecule has 24 heavy (non-hydrogen) atoms.